The predicted molar refractivity (Wildman–Crippen MR) is 128 cm³/mol. The average Bonchev–Trinajstić information content (AvgIpc) is 3.30. The van der Waals surface area contributed by atoms with Gasteiger partial charge in [0.2, 0.25) is 11.8 Å². The van der Waals surface area contributed by atoms with Gasteiger partial charge in [-0.25, -0.2) is 14.4 Å². The van der Waals surface area contributed by atoms with E-state index in [-0.39, 0.29) is 87.6 Å². The van der Waals surface area contributed by atoms with Crippen LogP contribution in [0.15, 0.2) is 40.9 Å². The van der Waals surface area contributed by atoms with Crippen LogP contribution in [-0.4, -0.2) is 20.9 Å². The van der Waals surface area contributed by atoms with Crippen LogP contribution in [0.4, 0.5) is 16.0 Å². The van der Waals surface area contributed by atoms with Crippen LogP contribution in [0.3, 0.4) is 0 Å². The van der Waals surface area contributed by atoms with Crippen LogP contribution in [0.1, 0.15) is 49.7 Å². The van der Waals surface area contributed by atoms with Gasteiger partial charge in [0.15, 0.2) is 0 Å². The maximum absolute atomic E-state index is 14.1. The Morgan fingerprint density at radius 1 is 1.27 bits per heavy atom. The van der Waals surface area contributed by atoms with Crippen LogP contribution in [0.2, 0.25) is 0 Å². The van der Waals surface area contributed by atoms with Gasteiger partial charge >= 0.3 is 68.9 Å². The van der Waals surface area contributed by atoms with Crippen LogP contribution in [0, 0.1) is 19.2 Å². The molecule has 2 fully saturated rings. The zero-order valence-electron chi connectivity index (χ0n) is 19.2. The van der Waals surface area contributed by atoms with Gasteiger partial charge in [0.25, 0.3) is 0 Å². The van der Waals surface area contributed by atoms with Crippen molar-refractivity contribution in [2.45, 2.75) is 48.8 Å². The van der Waals surface area contributed by atoms with Gasteiger partial charge in [-0.15, -0.1) is 0 Å². The second kappa shape index (κ2) is 11.7. The van der Waals surface area contributed by atoms with E-state index in [2.05, 4.69) is 32.0 Å². The molecule has 0 unspecified atom stereocenters. The van der Waals surface area contributed by atoms with Gasteiger partial charge in [0, 0.05) is 28.2 Å². The first-order valence-electron chi connectivity index (χ1n) is 10.4. The number of hydrogen-bond donors (Lipinski definition) is 2. The normalized spacial score (nSPS) is 20.1. The fraction of sp³-hybridized carbons (Fsp3) is 0.391. The zero-order valence-corrected chi connectivity index (χ0v) is 27.1. The van der Waals surface area contributed by atoms with Gasteiger partial charge in [-0.05, 0) is 90.2 Å². The van der Waals surface area contributed by atoms with Crippen molar-refractivity contribution < 1.29 is 78.0 Å². The van der Waals surface area contributed by atoms with Gasteiger partial charge in [-0.1, -0.05) is 6.92 Å². The van der Waals surface area contributed by atoms with E-state index < -0.39 is 0 Å². The number of ether oxygens (including phenoxy) is 1. The van der Waals surface area contributed by atoms with Crippen molar-refractivity contribution in [3.63, 3.8) is 0 Å². The van der Waals surface area contributed by atoms with E-state index in [1.165, 1.54) is 36.0 Å². The summed E-state index contributed by atoms with van der Waals surface area (Å²) >= 11 is 2.49. The molecule has 2 aliphatic rings. The van der Waals surface area contributed by atoms with Crippen LogP contribution < -0.4 is 84.1 Å². The molecule has 0 atom stereocenters. The third kappa shape index (κ3) is 6.34. The monoisotopic (exact) mass is 605 g/mol. The Hall–Kier alpha value is -0.178. The number of rotatable bonds is 8. The summed E-state index contributed by atoms with van der Waals surface area (Å²) in [5.41, 5.74) is 2.99. The Kier molecular flexibility index (Phi) is 9.72. The molecule has 170 valence electrons. The smallest absolute Gasteiger partial charge is 0.477 e. The number of benzene rings is 1. The maximum atomic E-state index is 14.1. The molecule has 10 heteroatoms. The number of hydrogen-bond acceptors (Lipinski definition) is 8. The summed E-state index contributed by atoms with van der Waals surface area (Å²) in [7, 11) is 0. The molecule has 0 amide bonds. The molecule has 5 rings (SSSR count). The van der Waals surface area contributed by atoms with Crippen molar-refractivity contribution in [3.8, 4) is 5.88 Å². The first kappa shape index (κ1) is 27.4. The van der Waals surface area contributed by atoms with Gasteiger partial charge in [-0.3, -0.25) is 5.14 Å². The summed E-state index contributed by atoms with van der Waals surface area (Å²) < 4.78 is 24.6. The number of halogens is 1. The summed E-state index contributed by atoms with van der Waals surface area (Å²) in [5.74, 6) is 1.79. The molecule has 2 saturated carbocycles. The molecule has 2 aromatic heterocycles. The van der Waals surface area contributed by atoms with Crippen molar-refractivity contribution in [1.29, 1.82) is 0 Å². The molecule has 2 heterocycles. The van der Waals surface area contributed by atoms with Crippen LogP contribution >= 0.6 is 23.5 Å². The second-order valence-corrected chi connectivity index (χ2v) is 10.0. The number of anilines is 2. The number of aromatic nitrogens is 3. The Labute approximate surface area is 261 Å². The summed E-state index contributed by atoms with van der Waals surface area (Å²) in [5, 5.41) is 10.5. The predicted octanol–water partition coefficient (Wildman–Crippen LogP) is 2.86. The number of nitrogens with one attached hydrogen (secondary N) is 1. The fourth-order valence-electron chi connectivity index (χ4n) is 3.93. The average molecular weight is 606 g/mol. The zero-order chi connectivity index (χ0) is 21.4. The standard InChI is InChI=1S/C22H24FN5OS2.CH3.Cs/c1-22(4-5-22)17-12-30-28-20(17)29-11-13-6-14(7-13)15-9-25-21(26-10-15)27-19-3-2-16(31-24)8-18(19)23;;/h2-3,8-10,12-14H,4-7,11,24H2,1H3,(H,25,26,27);1H3;/q;-1;+1. The maximum Gasteiger partial charge on any atom is 1.00 e. The van der Waals surface area contributed by atoms with Crippen molar-refractivity contribution in [3.05, 3.63) is 60.3 Å². The van der Waals surface area contributed by atoms with Crippen molar-refractivity contribution in [1.82, 2.24) is 14.3 Å². The van der Waals surface area contributed by atoms with E-state index in [1.54, 1.807) is 12.1 Å². The fourth-order valence-corrected chi connectivity index (χ4v) is 5.04. The molecule has 0 radical (unpaired) electrons. The minimum atomic E-state index is -0.385. The van der Waals surface area contributed by atoms with E-state index >= 15 is 0 Å². The Morgan fingerprint density at radius 3 is 2.64 bits per heavy atom. The van der Waals surface area contributed by atoms with E-state index in [4.69, 9.17) is 9.88 Å². The molecule has 2 aliphatic carbocycles. The first-order valence-corrected chi connectivity index (χ1v) is 12.1. The van der Waals surface area contributed by atoms with E-state index in [0.29, 0.717) is 35.0 Å². The summed E-state index contributed by atoms with van der Waals surface area (Å²) in [6.07, 6.45) is 8.21. The van der Waals surface area contributed by atoms with Gasteiger partial charge in [-0.2, -0.15) is 4.37 Å². The molecular weight excluding hydrogens is 578 g/mol. The van der Waals surface area contributed by atoms with Crippen LogP contribution in [0.25, 0.3) is 0 Å². The molecular formula is C23H27CsFN5OS2. The second-order valence-electron chi connectivity index (χ2n) is 8.66. The van der Waals surface area contributed by atoms with Crippen LogP contribution in [0.5, 0.6) is 5.88 Å². The van der Waals surface area contributed by atoms with Gasteiger partial charge in [0.05, 0.1) is 12.3 Å². The Morgan fingerprint density at radius 2 is 2.00 bits per heavy atom. The SMILES string of the molecule is CC1(c2csnc2OCC2CC(c3cnc(Nc4ccc(SN)cc4F)nc3)C2)CC1.[CH3-].[Cs+]. The minimum absolute atomic E-state index is 0. The molecule has 33 heavy (non-hydrogen) atoms. The largest absolute Gasteiger partial charge is 1.00 e. The summed E-state index contributed by atoms with van der Waals surface area (Å²) in [4.78, 5) is 9.38. The topological polar surface area (TPSA) is 86.0 Å². The van der Waals surface area contributed by atoms with E-state index in [0.717, 1.165) is 36.2 Å². The summed E-state index contributed by atoms with van der Waals surface area (Å²) in [6, 6.07) is 4.77. The number of nitrogens with zero attached hydrogens (tertiary/aromatic N) is 3. The van der Waals surface area contributed by atoms with Crippen LogP contribution in [-0.2, 0) is 5.41 Å². The molecule has 0 aliphatic heterocycles. The van der Waals surface area contributed by atoms with Gasteiger partial charge in [0.1, 0.15) is 5.82 Å². The third-order valence-electron chi connectivity index (χ3n) is 6.34. The molecule has 6 nitrogen and oxygen atoms in total. The molecule has 0 bridgehead atoms. The van der Waals surface area contributed by atoms with E-state index in [9.17, 15) is 4.39 Å². The van der Waals surface area contributed by atoms with Crippen molar-refractivity contribution in [2.24, 2.45) is 11.1 Å². The quantitative estimate of drug-likeness (QED) is 0.302. The molecule has 1 aromatic carbocycles. The Bertz CT molecular complexity index is 1070. The third-order valence-corrected chi connectivity index (χ3v) is 7.48. The van der Waals surface area contributed by atoms with E-state index in [1.807, 2.05) is 12.4 Å². The molecule has 3 aromatic rings. The first-order chi connectivity index (χ1) is 15.0. The van der Waals surface area contributed by atoms with Gasteiger partial charge < -0.3 is 17.5 Å². The van der Waals surface area contributed by atoms with Crippen molar-refractivity contribution >= 4 is 35.1 Å². The number of nitrogens with two attached hydrogens (primary N) is 1. The molecule has 0 spiro atoms. The Balaban J connectivity index is 0.00000153. The van der Waals surface area contributed by atoms with Crippen molar-refractivity contribution in [2.75, 3.05) is 11.9 Å². The molecule has 3 N–H and O–H groups in total. The minimum Gasteiger partial charge on any atom is -0.477 e. The summed E-state index contributed by atoms with van der Waals surface area (Å²) in [6.45, 7) is 2.99. The molecule has 0 saturated heterocycles.